The molecule has 25 heavy (non-hydrogen) atoms. The highest BCUT2D eigenvalue weighted by atomic mass is 16.2. The van der Waals surface area contributed by atoms with Gasteiger partial charge < -0.3 is 10.6 Å². The summed E-state index contributed by atoms with van der Waals surface area (Å²) in [6.45, 7) is 5.95. The van der Waals surface area contributed by atoms with E-state index in [0.29, 0.717) is 11.7 Å². The fourth-order valence-electron chi connectivity index (χ4n) is 2.79. The lowest BCUT2D eigenvalue weighted by atomic mass is 10.2. The zero-order chi connectivity index (χ0) is 17.8. The molecule has 1 aromatic carbocycles. The average molecular weight is 343 g/mol. The number of hydrogen-bond donors (Lipinski definition) is 2. The van der Waals surface area contributed by atoms with E-state index in [1.807, 2.05) is 0 Å². The van der Waals surface area contributed by atoms with Gasteiger partial charge in [-0.2, -0.15) is 0 Å². The van der Waals surface area contributed by atoms with Gasteiger partial charge in [0.1, 0.15) is 6.33 Å². The number of tetrazole rings is 1. The number of carbonyl (C=O) groups excluding carboxylic acids is 2. The molecule has 1 aliphatic rings. The van der Waals surface area contributed by atoms with Crippen LogP contribution >= 0.6 is 0 Å². The van der Waals surface area contributed by atoms with Crippen molar-refractivity contribution in [3.8, 4) is 5.69 Å². The van der Waals surface area contributed by atoms with Gasteiger partial charge in [0.25, 0.3) is 0 Å². The van der Waals surface area contributed by atoms with Gasteiger partial charge in [0.15, 0.2) is 0 Å². The van der Waals surface area contributed by atoms with E-state index in [2.05, 4.69) is 44.9 Å². The Hall–Kier alpha value is -2.81. The van der Waals surface area contributed by atoms with E-state index in [1.165, 1.54) is 11.0 Å². The van der Waals surface area contributed by atoms with E-state index in [0.717, 1.165) is 25.2 Å². The normalized spacial score (nSPS) is 17.6. The van der Waals surface area contributed by atoms with Crippen molar-refractivity contribution in [1.82, 2.24) is 30.4 Å². The van der Waals surface area contributed by atoms with Gasteiger partial charge >= 0.3 is 11.8 Å². The Balaban J connectivity index is 1.52. The second-order valence-electron chi connectivity index (χ2n) is 6.30. The number of amides is 2. The molecule has 9 nitrogen and oxygen atoms in total. The molecule has 1 saturated heterocycles. The highest BCUT2D eigenvalue weighted by Gasteiger charge is 2.27. The predicted molar refractivity (Wildman–Crippen MR) is 91.0 cm³/mol. The van der Waals surface area contributed by atoms with E-state index >= 15 is 0 Å². The molecule has 132 valence electrons. The molecule has 0 radical (unpaired) electrons. The minimum atomic E-state index is -0.668. The predicted octanol–water partition coefficient (Wildman–Crippen LogP) is 0.200. The maximum Gasteiger partial charge on any atom is 0.313 e. The Labute approximate surface area is 145 Å². The Morgan fingerprint density at radius 2 is 1.96 bits per heavy atom. The third kappa shape index (κ3) is 4.18. The molecule has 0 aliphatic carbocycles. The molecule has 1 unspecified atom stereocenters. The van der Waals surface area contributed by atoms with Crippen molar-refractivity contribution in [2.24, 2.45) is 0 Å². The standard InChI is InChI=1S/C16H21N7O2/c1-11(2)22-8-7-13(9-22)19-16(25)15(24)18-12-3-5-14(6-4-12)23-10-17-20-21-23/h3-6,10-11,13H,7-9H2,1-2H3,(H,18,24)(H,19,25). The van der Waals surface area contributed by atoms with Crippen LogP contribution in [0.25, 0.3) is 5.69 Å². The van der Waals surface area contributed by atoms with Crippen molar-refractivity contribution in [1.29, 1.82) is 0 Å². The van der Waals surface area contributed by atoms with Crippen molar-refractivity contribution >= 4 is 17.5 Å². The first-order valence-electron chi connectivity index (χ1n) is 8.22. The number of rotatable bonds is 4. The van der Waals surface area contributed by atoms with Gasteiger partial charge in [0, 0.05) is 30.9 Å². The molecule has 2 aromatic rings. The zero-order valence-electron chi connectivity index (χ0n) is 14.2. The van der Waals surface area contributed by atoms with Crippen LogP contribution < -0.4 is 10.6 Å². The minimum Gasteiger partial charge on any atom is -0.344 e. The van der Waals surface area contributed by atoms with Crippen molar-refractivity contribution in [3.05, 3.63) is 30.6 Å². The number of benzene rings is 1. The fourth-order valence-corrected chi connectivity index (χ4v) is 2.79. The Morgan fingerprint density at radius 1 is 1.20 bits per heavy atom. The summed E-state index contributed by atoms with van der Waals surface area (Å²) in [4.78, 5) is 26.4. The SMILES string of the molecule is CC(C)N1CCC(NC(=O)C(=O)Nc2ccc(-n3cnnn3)cc2)C1. The van der Waals surface area contributed by atoms with E-state index in [9.17, 15) is 9.59 Å². The second kappa shape index (κ2) is 7.39. The molecule has 1 atom stereocenters. The lowest BCUT2D eigenvalue weighted by Gasteiger charge is -2.20. The van der Waals surface area contributed by atoms with Crippen LogP contribution in [-0.2, 0) is 9.59 Å². The van der Waals surface area contributed by atoms with Crippen molar-refractivity contribution in [2.75, 3.05) is 18.4 Å². The molecular weight excluding hydrogens is 322 g/mol. The highest BCUT2D eigenvalue weighted by molar-refractivity contribution is 6.39. The summed E-state index contributed by atoms with van der Waals surface area (Å²) in [5.41, 5.74) is 1.29. The molecule has 0 bridgehead atoms. The number of likely N-dealkylation sites (tertiary alicyclic amines) is 1. The van der Waals surface area contributed by atoms with Gasteiger partial charge in [0.2, 0.25) is 0 Å². The van der Waals surface area contributed by atoms with Gasteiger partial charge in [-0.25, -0.2) is 4.68 Å². The lowest BCUT2D eigenvalue weighted by molar-refractivity contribution is -0.136. The summed E-state index contributed by atoms with van der Waals surface area (Å²) in [5.74, 6) is -1.28. The summed E-state index contributed by atoms with van der Waals surface area (Å²) < 4.78 is 1.50. The monoisotopic (exact) mass is 343 g/mol. The van der Waals surface area contributed by atoms with E-state index in [4.69, 9.17) is 0 Å². The van der Waals surface area contributed by atoms with E-state index in [1.54, 1.807) is 24.3 Å². The summed E-state index contributed by atoms with van der Waals surface area (Å²) in [6.07, 6.45) is 2.33. The molecule has 2 amide bonds. The zero-order valence-corrected chi connectivity index (χ0v) is 14.2. The number of hydrogen-bond acceptors (Lipinski definition) is 6. The Bertz CT molecular complexity index is 727. The summed E-state index contributed by atoms with van der Waals surface area (Å²) in [7, 11) is 0. The molecule has 3 rings (SSSR count). The number of aromatic nitrogens is 4. The van der Waals surface area contributed by atoms with Crippen LogP contribution in [0.1, 0.15) is 20.3 Å². The maximum atomic E-state index is 12.1. The molecule has 1 aromatic heterocycles. The van der Waals surface area contributed by atoms with Gasteiger partial charge in [-0.3, -0.25) is 14.5 Å². The molecule has 9 heteroatoms. The Kier molecular flexibility index (Phi) is 5.03. The van der Waals surface area contributed by atoms with Crippen LogP contribution in [-0.4, -0.2) is 62.1 Å². The first-order chi connectivity index (χ1) is 12.0. The smallest absolute Gasteiger partial charge is 0.313 e. The topological polar surface area (TPSA) is 105 Å². The van der Waals surface area contributed by atoms with E-state index in [-0.39, 0.29) is 6.04 Å². The van der Waals surface area contributed by atoms with Gasteiger partial charge in [-0.1, -0.05) is 0 Å². The highest BCUT2D eigenvalue weighted by Crippen LogP contribution is 2.13. The molecule has 0 spiro atoms. The number of nitrogens with one attached hydrogen (secondary N) is 2. The Morgan fingerprint density at radius 3 is 2.56 bits per heavy atom. The van der Waals surface area contributed by atoms with Gasteiger partial charge in [-0.05, 0) is 55.0 Å². The van der Waals surface area contributed by atoms with Crippen molar-refractivity contribution < 1.29 is 9.59 Å². The van der Waals surface area contributed by atoms with Gasteiger partial charge in [0.05, 0.1) is 5.69 Å². The van der Waals surface area contributed by atoms with Crippen LogP contribution in [0.5, 0.6) is 0 Å². The average Bonchev–Trinajstić information content (AvgIpc) is 3.27. The van der Waals surface area contributed by atoms with Crippen LogP contribution in [0, 0.1) is 0 Å². The third-order valence-corrected chi connectivity index (χ3v) is 4.23. The molecule has 1 aliphatic heterocycles. The first kappa shape index (κ1) is 17.0. The quantitative estimate of drug-likeness (QED) is 0.769. The second-order valence-corrected chi connectivity index (χ2v) is 6.30. The van der Waals surface area contributed by atoms with Crippen molar-refractivity contribution in [3.63, 3.8) is 0 Å². The summed E-state index contributed by atoms with van der Waals surface area (Å²) in [5, 5.41) is 16.3. The van der Waals surface area contributed by atoms with Crippen LogP contribution in [0.3, 0.4) is 0 Å². The summed E-state index contributed by atoms with van der Waals surface area (Å²) >= 11 is 0. The molecule has 2 heterocycles. The largest absolute Gasteiger partial charge is 0.344 e. The minimum absolute atomic E-state index is 0.0165. The first-order valence-corrected chi connectivity index (χ1v) is 8.22. The maximum absolute atomic E-state index is 12.1. The molecule has 2 N–H and O–H groups in total. The number of carbonyl (C=O) groups is 2. The van der Waals surface area contributed by atoms with Crippen LogP contribution in [0.4, 0.5) is 5.69 Å². The molecular formula is C16H21N7O2. The fraction of sp³-hybridized carbons (Fsp3) is 0.438. The van der Waals surface area contributed by atoms with Crippen LogP contribution in [0.15, 0.2) is 30.6 Å². The molecule has 1 fully saturated rings. The lowest BCUT2D eigenvalue weighted by Crippen LogP contribution is -2.43. The number of nitrogens with zero attached hydrogens (tertiary/aromatic N) is 5. The summed E-state index contributed by atoms with van der Waals surface area (Å²) in [6, 6.07) is 7.34. The van der Waals surface area contributed by atoms with E-state index < -0.39 is 11.8 Å². The van der Waals surface area contributed by atoms with Gasteiger partial charge in [-0.15, -0.1) is 5.10 Å². The third-order valence-electron chi connectivity index (χ3n) is 4.23. The molecule has 0 saturated carbocycles. The number of anilines is 1. The van der Waals surface area contributed by atoms with Crippen LogP contribution in [0.2, 0.25) is 0 Å². The van der Waals surface area contributed by atoms with Crippen molar-refractivity contribution in [2.45, 2.75) is 32.4 Å².